The number of fused-ring (bicyclic) bond motifs is 1. The van der Waals surface area contributed by atoms with Crippen LogP contribution in [0.1, 0.15) is 34.9 Å². The fourth-order valence-electron chi connectivity index (χ4n) is 2.82. The minimum atomic E-state index is -0.257. The molecule has 0 aliphatic heterocycles. The molecule has 3 heterocycles. The van der Waals surface area contributed by atoms with Crippen LogP contribution < -0.4 is 15.8 Å². The molecule has 27 heavy (non-hydrogen) atoms. The molecule has 3 aromatic heterocycles. The number of carbonyl (C=O) groups excluding carboxylic acids is 1. The Balaban J connectivity index is 1.98. The van der Waals surface area contributed by atoms with E-state index in [1.807, 2.05) is 37.8 Å². The summed E-state index contributed by atoms with van der Waals surface area (Å²) < 4.78 is 2.30. The summed E-state index contributed by atoms with van der Waals surface area (Å²) in [6.07, 6.45) is 1.74. The highest BCUT2D eigenvalue weighted by Crippen LogP contribution is 2.21. The molecule has 0 saturated carbocycles. The molecule has 0 aromatic carbocycles. The molecule has 3 aromatic rings. The maximum Gasteiger partial charge on any atom is 0.269 e. The molecule has 0 unspecified atom stereocenters. The molecule has 7 nitrogen and oxygen atoms in total. The number of anilines is 1. The summed E-state index contributed by atoms with van der Waals surface area (Å²) >= 11 is 4.73. The summed E-state index contributed by atoms with van der Waals surface area (Å²) in [6, 6.07) is 5.34. The fraction of sp³-hybridized carbons (Fsp3) is 0.333. The maximum atomic E-state index is 12.7. The lowest BCUT2D eigenvalue weighted by Crippen LogP contribution is -2.29. The van der Waals surface area contributed by atoms with Crippen molar-refractivity contribution in [2.45, 2.75) is 27.3 Å². The second kappa shape index (κ2) is 8.18. The summed E-state index contributed by atoms with van der Waals surface area (Å²) in [7, 11) is 0. The van der Waals surface area contributed by atoms with E-state index in [2.05, 4.69) is 31.2 Å². The molecule has 0 saturated heterocycles. The Morgan fingerprint density at radius 3 is 2.78 bits per heavy atom. The number of halogens is 1. The zero-order valence-corrected chi connectivity index (χ0v) is 17.7. The number of nitrogens with zero attached hydrogens (tertiary/aromatic N) is 4. The van der Waals surface area contributed by atoms with Gasteiger partial charge >= 0.3 is 0 Å². The average molecular weight is 450 g/mol. The standard InChI is InChI=1S/C18H20BrN5O2S/c1-4-20-17(26)16-11(3)27-18-22-13(8-15(25)24(16)18)10-23(5-2)14-7-6-12(19)9-21-14/h6-9H,4-5,10H2,1-3H3,(H,20,26). The van der Waals surface area contributed by atoms with E-state index in [4.69, 9.17) is 0 Å². The predicted octanol–water partition coefficient (Wildman–Crippen LogP) is 3.00. The average Bonchev–Trinajstić information content (AvgIpc) is 2.97. The minimum absolute atomic E-state index is 0.250. The van der Waals surface area contributed by atoms with Crippen molar-refractivity contribution in [3.8, 4) is 0 Å². The second-order valence-corrected chi connectivity index (χ2v) is 8.02. The van der Waals surface area contributed by atoms with E-state index in [0.717, 1.165) is 21.7 Å². The lowest BCUT2D eigenvalue weighted by molar-refractivity contribution is 0.0949. The van der Waals surface area contributed by atoms with Gasteiger partial charge in [0.1, 0.15) is 11.5 Å². The molecule has 0 bridgehead atoms. The number of hydrogen-bond acceptors (Lipinski definition) is 6. The van der Waals surface area contributed by atoms with Gasteiger partial charge in [-0.2, -0.15) is 0 Å². The maximum absolute atomic E-state index is 12.7. The van der Waals surface area contributed by atoms with Gasteiger partial charge in [-0.3, -0.25) is 9.59 Å². The number of aromatic nitrogens is 3. The second-order valence-electron chi connectivity index (χ2n) is 5.92. The van der Waals surface area contributed by atoms with Crippen molar-refractivity contribution in [2.24, 2.45) is 0 Å². The van der Waals surface area contributed by atoms with Gasteiger partial charge in [0.15, 0.2) is 4.96 Å². The predicted molar refractivity (Wildman–Crippen MR) is 111 cm³/mol. The van der Waals surface area contributed by atoms with Gasteiger partial charge < -0.3 is 10.2 Å². The summed E-state index contributed by atoms with van der Waals surface area (Å²) in [5, 5.41) is 2.75. The molecule has 0 atom stereocenters. The van der Waals surface area contributed by atoms with Crippen LogP contribution in [0.3, 0.4) is 0 Å². The molecule has 1 amide bonds. The SMILES string of the molecule is CCNC(=O)c1c(C)sc2nc(CN(CC)c3ccc(Br)cn3)cc(=O)n12. The number of amides is 1. The first kappa shape index (κ1) is 19.5. The smallest absolute Gasteiger partial charge is 0.269 e. The molecule has 0 fully saturated rings. The molecule has 0 radical (unpaired) electrons. The lowest BCUT2D eigenvalue weighted by Gasteiger charge is -2.21. The van der Waals surface area contributed by atoms with Gasteiger partial charge in [0.05, 0.1) is 12.2 Å². The van der Waals surface area contributed by atoms with Gasteiger partial charge in [0.2, 0.25) is 0 Å². The van der Waals surface area contributed by atoms with Gasteiger partial charge in [0.25, 0.3) is 11.5 Å². The van der Waals surface area contributed by atoms with E-state index in [1.54, 1.807) is 6.20 Å². The molecule has 142 valence electrons. The Labute approximate surface area is 169 Å². The first-order chi connectivity index (χ1) is 12.9. The molecule has 0 aliphatic rings. The largest absolute Gasteiger partial charge is 0.351 e. The molecule has 1 N–H and O–H groups in total. The Bertz CT molecular complexity index is 1030. The van der Waals surface area contributed by atoms with E-state index in [1.165, 1.54) is 21.8 Å². The molecule has 9 heteroatoms. The van der Waals surface area contributed by atoms with Crippen LogP contribution in [0.2, 0.25) is 0 Å². The first-order valence-corrected chi connectivity index (χ1v) is 10.2. The number of rotatable bonds is 6. The number of pyridine rings is 1. The van der Waals surface area contributed by atoms with E-state index in [9.17, 15) is 9.59 Å². The Hall–Kier alpha value is -2.26. The van der Waals surface area contributed by atoms with Crippen molar-refractivity contribution in [1.82, 2.24) is 19.7 Å². The number of nitrogens with one attached hydrogen (secondary N) is 1. The van der Waals surface area contributed by atoms with E-state index < -0.39 is 0 Å². The quantitative estimate of drug-likeness (QED) is 0.625. The molecule has 3 rings (SSSR count). The van der Waals surface area contributed by atoms with Gasteiger partial charge in [-0.25, -0.2) is 14.4 Å². The van der Waals surface area contributed by atoms with Gasteiger partial charge in [-0.05, 0) is 48.8 Å². The molecular weight excluding hydrogens is 430 g/mol. The summed E-state index contributed by atoms with van der Waals surface area (Å²) in [6.45, 7) is 7.39. The monoisotopic (exact) mass is 449 g/mol. The van der Waals surface area contributed by atoms with Crippen molar-refractivity contribution in [3.63, 3.8) is 0 Å². The van der Waals surface area contributed by atoms with Crippen LogP contribution in [0.5, 0.6) is 0 Å². The Morgan fingerprint density at radius 1 is 1.37 bits per heavy atom. The molecule has 0 spiro atoms. The van der Waals surface area contributed by atoms with Crippen LogP contribution in [0, 0.1) is 6.92 Å². The number of carbonyl (C=O) groups is 1. The highest BCUT2D eigenvalue weighted by Gasteiger charge is 2.19. The van der Waals surface area contributed by atoms with Gasteiger partial charge in [-0.1, -0.05) is 0 Å². The number of thiazole rings is 1. The van der Waals surface area contributed by atoms with Crippen LogP contribution >= 0.6 is 27.3 Å². The van der Waals surface area contributed by atoms with Crippen molar-refractivity contribution >= 4 is 44.0 Å². The Morgan fingerprint density at radius 2 is 2.15 bits per heavy atom. The van der Waals surface area contributed by atoms with Crippen LogP contribution in [0.25, 0.3) is 4.96 Å². The van der Waals surface area contributed by atoms with E-state index in [-0.39, 0.29) is 11.5 Å². The lowest BCUT2D eigenvalue weighted by atomic mass is 10.3. The van der Waals surface area contributed by atoms with Crippen LogP contribution in [0.15, 0.2) is 33.7 Å². The van der Waals surface area contributed by atoms with Crippen molar-refractivity contribution < 1.29 is 4.79 Å². The zero-order chi connectivity index (χ0) is 19.6. The summed E-state index contributed by atoms with van der Waals surface area (Å²) in [4.78, 5) is 37.4. The Kier molecular flexibility index (Phi) is 5.91. The fourth-order valence-corrected chi connectivity index (χ4v) is 4.04. The zero-order valence-electron chi connectivity index (χ0n) is 15.3. The number of aryl methyl sites for hydroxylation is 1. The molecular formula is C18H20BrN5O2S. The molecule has 0 aliphatic carbocycles. The van der Waals surface area contributed by atoms with Crippen molar-refractivity contribution in [1.29, 1.82) is 0 Å². The topological polar surface area (TPSA) is 79.6 Å². The van der Waals surface area contributed by atoms with Gasteiger partial charge in [-0.15, -0.1) is 11.3 Å². The minimum Gasteiger partial charge on any atom is -0.351 e. The highest BCUT2D eigenvalue weighted by atomic mass is 79.9. The third-order valence-corrected chi connectivity index (χ3v) is 5.49. The normalized spacial score (nSPS) is 11.0. The van der Waals surface area contributed by atoms with Crippen LogP contribution in [-0.2, 0) is 6.54 Å². The van der Waals surface area contributed by atoms with E-state index >= 15 is 0 Å². The van der Waals surface area contributed by atoms with Crippen LogP contribution in [-0.4, -0.2) is 33.4 Å². The summed E-state index contributed by atoms with van der Waals surface area (Å²) in [5.74, 6) is 0.556. The number of hydrogen-bond donors (Lipinski definition) is 1. The first-order valence-electron chi connectivity index (χ1n) is 8.61. The van der Waals surface area contributed by atoms with Crippen molar-refractivity contribution in [3.05, 3.63) is 55.5 Å². The van der Waals surface area contributed by atoms with Gasteiger partial charge in [0, 0.05) is 34.7 Å². The van der Waals surface area contributed by atoms with Crippen LogP contribution in [0.4, 0.5) is 5.82 Å². The van der Waals surface area contributed by atoms with Crippen molar-refractivity contribution in [2.75, 3.05) is 18.0 Å². The summed E-state index contributed by atoms with van der Waals surface area (Å²) in [5.41, 5.74) is 0.763. The van der Waals surface area contributed by atoms with E-state index in [0.29, 0.717) is 29.4 Å². The highest BCUT2D eigenvalue weighted by molar-refractivity contribution is 9.10. The third kappa shape index (κ3) is 4.03. The third-order valence-electron chi connectivity index (χ3n) is 4.07.